The van der Waals surface area contributed by atoms with Crippen LogP contribution in [0.15, 0.2) is 34.7 Å². The average molecular weight is 356 g/mol. The molecule has 0 unspecified atom stereocenters. The Morgan fingerprint density at radius 2 is 1.77 bits per heavy atom. The lowest BCUT2D eigenvalue weighted by atomic mass is 10.1. The summed E-state index contributed by atoms with van der Waals surface area (Å²) >= 11 is 0. The van der Waals surface area contributed by atoms with E-state index in [1.54, 1.807) is 37.3 Å². The number of nitrogens with one attached hydrogen (secondary N) is 1. The van der Waals surface area contributed by atoms with Crippen LogP contribution < -0.4 is 19.5 Å². The van der Waals surface area contributed by atoms with Crippen molar-refractivity contribution in [3.63, 3.8) is 0 Å². The number of hydrogen-bond donors (Lipinski definition) is 1. The first-order valence-corrected chi connectivity index (χ1v) is 8.00. The summed E-state index contributed by atoms with van der Waals surface area (Å²) in [6.45, 7) is 1.78. The molecule has 26 heavy (non-hydrogen) atoms. The molecule has 3 rings (SSSR count). The normalized spacial score (nSPS) is 10.6. The molecule has 0 saturated carbocycles. The Morgan fingerprint density at radius 3 is 2.38 bits per heavy atom. The number of aryl methyl sites for hydroxylation is 1. The second-order valence-electron chi connectivity index (χ2n) is 5.67. The van der Waals surface area contributed by atoms with E-state index >= 15 is 0 Å². The van der Waals surface area contributed by atoms with Gasteiger partial charge in [-0.1, -0.05) is 0 Å². The van der Waals surface area contributed by atoms with Crippen LogP contribution in [0.25, 0.3) is 11.1 Å². The highest BCUT2D eigenvalue weighted by Crippen LogP contribution is 2.38. The Bertz CT molecular complexity index is 923. The fourth-order valence-corrected chi connectivity index (χ4v) is 2.75. The maximum absolute atomic E-state index is 12.4. The van der Waals surface area contributed by atoms with Crippen LogP contribution in [0, 0.1) is 6.92 Å². The highest BCUT2D eigenvalue weighted by Gasteiger charge is 2.15. The molecule has 0 atom stereocenters. The second kappa shape index (κ2) is 7.35. The van der Waals surface area contributed by atoms with Gasteiger partial charge in [-0.3, -0.25) is 4.79 Å². The quantitative estimate of drug-likeness (QED) is 0.729. The largest absolute Gasteiger partial charge is 0.493 e. The summed E-state index contributed by atoms with van der Waals surface area (Å²) in [6, 6.07) is 8.85. The van der Waals surface area contributed by atoms with Gasteiger partial charge in [0.1, 0.15) is 5.52 Å². The van der Waals surface area contributed by atoms with E-state index in [9.17, 15) is 4.79 Å². The molecular weight excluding hydrogens is 336 g/mol. The molecule has 0 radical (unpaired) electrons. The van der Waals surface area contributed by atoms with Crippen molar-refractivity contribution < 1.29 is 23.4 Å². The van der Waals surface area contributed by atoms with E-state index in [1.807, 2.05) is 0 Å². The zero-order chi connectivity index (χ0) is 18.7. The van der Waals surface area contributed by atoms with Crippen LogP contribution in [0.5, 0.6) is 17.2 Å². The third-order valence-electron chi connectivity index (χ3n) is 3.87. The average Bonchev–Trinajstić information content (AvgIpc) is 2.99. The lowest BCUT2D eigenvalue weighted by Crippen LogP contribution is -2.14. The van der Waals surface area contributed by atoms with Gasteiger partial charge in [0, 0.05) is 12.6 Å². The lowest BCUT2D eigenvalue weighted by Gasteiger charge is -2.14. The number of rotatable bonds is 6. The first-order chi connectivity index (χ1) is 12.5. The Balaban J connectivity index is 1.78. The third kappa shape index (κ3) is 3.56. The zero-order valence-electron chi connectivity index (χ0n) is 15.1. The molecule has 7 nitrogen and oxygen atoms in total. The molecule has 1 amide bonds. The number of methoxy groups -OCH3 is 3. The number of oxazole rings is 1. The van der Waals surface area contributed by atoms with Crippen molar-refractivity contribution in [3.8, 4) is 17.2 Å². The first-order valence-electron chi connectivity index (χ1n) is 8.00. The van der Waals surface area contributed by atoms with Crippen molar-refractivity contribution in [3.05, 3.63) is 41.8 Å². The minimum absolute atomic E-state index is 0.159. The number of aromatic nitrogens is 1. The summed E-state index contributed by atoms with van der Waals surface area (Å²) in [5, 5.41) is 2.86. The van der Waals surface area contributed by atoms with Crippen molar-refractivity contribution in [2.24, 2.45) is 0 Å². The van der Waals surface area contributed by atoms with Gasteiger partial charge in [0.2, 0.25) is 11.7 Å². The Hall–Kier alpha value is -3.22. The van der Waals surface area contributed by atoms with E-state index in [0.29, 0.717) is 39.9 Å². The molecule has 0 spiro atoms. The molecule has 2 aromatic carbocycles. The smallest absolute Gasteiger partial charge is 0.228 e. The Kier molecular flexibility index (Phi) is 4.97. The summed E-state index contributed by atoms with van der Waals surface area (Å²) in [5.74, 6) is 1.93. The SMILES string of the molecule is COc1cc(CC(=O)Nc2ccc3oc(C)nc3c2)cc(OC)c1OC. The third-order valence-corrected chi connectivity index (χ3v) is 3.87. The van der Waals surface area contributed by atoms with Gasteiger partial charge in [0.15, 0.2) is 23.0 Å². The highest BCUT2D eigenvalue weighted by molar-refractivity contribution is 5.94. The van der Waals surface area contributed by atoms with E-state index in [1.165, 1.54) is 21.3 Å². The van der Waals surface area contributed by atoms with Crippen LogP contribution in [0.4, 0.5) is 5.69 Å². The highest BCUT2D eigenvalue weighted by atomic mass is 16.5. The van der Waals surface area contributed by atoms with Crippen LogP contribution in [-0.2, 0) is 11.2 Å². The molecular formula is C19H20N2O5. The number of nitrogens with zero attached hydrogens (tertiary/aromatic N) is 1. The number of fused-ring (bicyclic) bond motifs is 1. The molecule has 1 N–H and O–H groups in total. The van der Waals surface area contributed by atoms with Gasteiger partial charge in [0.25, 0.3) is 0 Å². The molecule has 0 saturated heterocycles. The fourth-order valence-electron chi connectivity index (χ4n) is 2.75. The molecule has 3 aromatic rings. The van der Waals surface area contributed by atoms with Gasteiger partial charge in [-0.25, -0.2) is 4.98 Å². The Labute approximate surface area is 150 Å². The maximum Gasteiger partial charge on any atom is 0.228 e. The van der Waals surface area contributed by atoms with E-state index in [-0.39, 0.29) is 12.3 Å². The molecule has 0 aliphatic heterocycles. The lowest BCUT2D eigenvalue weighted by molar-refractivity contribution is -0.115. The molecule has 0 aliphatic carbocycles. The van der Waals surface area contributed by atoms with E-state index in [4.69, 9.17) is 18.6 Å². The number of amides is 1. The van der Waals surface area contributed by atoms with Crippen LogP contribution in [0.2, 0.25) is 0 Å². The molecule has 1 aromatic heterocycles. The monoisotopic (exact) mass is 356 g/mol. The van der Waals surface area contributed by atoms with Gasteiger partial charge in [-0.2, -0.15) is 0 Å². The van der Waals surface area contributed by atoms with Gasteiger partial charge >= 0.3 is 0 Å². The van der Waals surface area contributed by atoms with Crippen molar-refractivity contribution in [1.82, 2.24) is 4.98 Å². The van der Waals surface area contributed by atoms with Crippen LogP contribution in [0.1, 0.15) is 11.5 Å². The number of carbonyl (C=O) groups excluding carboxylic acids is 1. The minimum Gasteiger partial charge on any atom is -0.493 e. The van der Waals surface area contributed by atoms with Crippen molar-refractivity contribution >= 4 is 22.7 Å². The van der Waals surface area contributed by atoms with Crippen LogP contribution in [-0.4, -0.2) is 32.2 Å². The van der Waals surface area contributed by atoms with Crippen molar-refractivity contribution in [2.45, 2.75) is 13.3 Å². The van der Waals surface area contributed by atoms with Gasteiger partial charge in [0.05, 0.1) is 27.8 Å². The second-order valence-corrected chi connectivity index (χ2v) is 5.67. The fraction of sp³-hybridized carbons (Fsp3) is 0.263. The predicted molar refractivity (Wildman–Crippen MR) is 97.2 cm³/mol. The Morgan fingerprint density at radius 1 is 1.08 bits per heavy atom. The summed E-state index contributed by atoms with van der Waals surface area (Å²) < 4.78 is 21.4. The topological polar surface area (TPSA) is 82.8 Å². The number of benzene rings is 2. The molecule has 136 valence electrons. The van der Waals surface area contributed by atoms with Crippen molar-refractivity contribution in [2.75, 3.05) is 26.6 Å². The van der Waals surface area contributed by atoms with Gasteiger partial charge in [-0.15, -0.1) is 0 Å². The van der Waals surface area contributed by atoms with Gasteiger partial charge in [-0.05, 0) is 35.9 Å². The number of anilines is 1. The standard InChI is InChI=1S/C19H20N2O5/c1-11-20-14-10-13(5-6-15(14)26-11)21-18(22)9-12-7-16(23-2)19(25-4)17(8-12)24-3/h5-8,10H,9H2,1-4H3,(H,21,22). The summed E-state index contributed by atoms with van der Waals surface area (Å²) in [6.07, 6.45) is 0.159. The predicted octanol–water partition coefficient (Wildman–Crippen LogP) is 3.34. The van der Waals surface area contributed by atoms with E-state index < -0.39 is 0 Å². The molecule has 7 heteroatoms. The number of ether oxygens (including phenoxy) is 3. The molecule has 0 bridgehead atoms. The first kappa shape index (κ1) is 17.6. The molecule has 0 fully saturated rings. The molecule has 0 aliphatic rings. The summed E-state index contributed by atoms with van der Waals surface area (Å²) in [4.78, 5) is 16.7. The summed E-state index contributed by atoms with van der Waals surface area (Å²) in [5.41, 5.74) is 2.79. The maximum atomic E-state index is 12.4. The van der Waals surface area contributed by atoms with Crippen LogP contribution >= 0.6 is 0 Å². The number of carbonyl (C=O) groups is 1. The summed E-state index contributed by atoms with van der Waals surface area (Å²) in [7, 11) is 4.61. The number of hydrogen-bond acceptors (Lipinski definition) is 6. The van der Waals surface area contributed by atoms with Crippen molar-refractivity contribution in [1.29, 1.82) is 0 Å². The zero-order valence-corrected chi connectivity index (χ0v) is 15.1. The van der Waals surface area contributed by atoms with Gasteiger partial charge < -0.3 is 23.9 Å². The van der Waals surface area contributed by atoms with E-state index in [2.05, 4.69) is 10.3 Å². The molecule has 1 heterocycles. The van der Waals surface area contributed by atoms with E-state index in [0.717, 1.165) is 5.56 Å². The van der Waals surface area contributed by atoms with Crippen LogP contribution in [0.3, 0.4) is 0 Å². The minimum atomic E-state index is -0.168.